The second-order valence-corrected chi connectivity index (χ2v) is 14.5. The van der Waals surface area contributed by atoms with Crippen molar-refractivity contribution in [1.82, 2.24) is 4.57 Å². The molecule has 9 rings (SSSR count). The zero-order valence-corrected chi connectivity index (χ0v) is 32.7. The van der Waals surface area contributed by atoms with Crippen LogP contribution in [0.2, 0.25) is 0 Å². The average molecular weight is 743 g/mol. The van der Waals surface area contributed by atoms with Crippen LogP contribution in [0.15, 0.2) is 212 Å². The van der Waals surface area contributed by atoms with Gasteiger partial charge in [-0.3, -0.25) is 0 Å². The molecule has 0 spiro atoms. The maximum atomic E-state index is 5.64. The maximum absolute atomic E-state index is 5.64. The molecule has 2 heteroatoms. The van der Waals surface area contributed by atoms with Gasteiger partial charge in [0.25, 0.3) is 0 Å². The zero-order chi connectivity index (χ0) is 39.4. The molecular weight excluding hydrogens is 701 g/mol. The highest BCUT2D eigenvalue weighted by molar-refractivity contribution is 6.16. The largest absolute Gasteiger partial charge is 0.310 e. The van der Waals surface area contributed by atoms with E-state index in [1.807, 2.05) is 6.08 Å². The summed E-state index contributed by atoms with van der Waals surface area (Å²) in [5, 5.41) is 2.42. The van der Waals surface area contributed by atoms with E-state index in [-0.39, 0.29) is 0 Å². The normalized spacial score (nSPS) is 11.6. The molecule has 0 saturated heterocycles. The Morgan fingerprint density at radius 1 is 0.500 bits per heavy atom. The summed E-state index contributed by atoms with van der Waals surface area (Å²) in [6.45, 7) is 4.23. The molecule has 0 aliphatic carbocycles. The molecule has 0 fully saturated rings. The van der Waals surface area contributed by atoms with Gasteiger partial charge in [-0.1, -0.05) is 152 Å². The van der Waals surface area contributed by atoms with Gasteiger partial charge in [0, 0.05) is 33.5 Å². The lowest BCUT2D eigenvalue weighted by Gasteiger charge is -2.26. The van der Waals surface area contributed by atoms with Crippen LogP contribution in [0.3, 0.4) is 0 Å². The van der Waals surface area contributed by atoms with Gasteiger partial charge in [0.1, 0.15) is 0 Å². The van der Waals surface area contributed by atoms with Crippen molar-refractivity contribution in [2.45, 2.75) is 13.8 Å². The van der Waals surface area contributed by atoms with Crippen LogP contribution in [0.1, 0.15) is 12.5 Å². The van der Waals surface area contributed by atoms with Crippen LogP contribution in [0.5, 0.6) is 0 Å². The lowest BCUT2D eigenvalue weighted by Crippen LogP contribution is -2.10. The third-order valence-corrected chi connectivity index (χ3v) is 11.0. The Kier molecular flexibility index (Phi) is 9.87. The predicted molar refractivity (Wildman–Crippen MR) is 249 cm³/mol. The molecule has 0 aliphatic heterocycles. The van der Waals surface area contributed by atoms with Crippen LogP contribution in [-0.4, -0.2) is 4.57 Å². The van der Waals surface area contributed by atoms with E-state index in [0.717, 1.165) is 44.9 Å². The molecule has 8 aromatic carbocycles. The third kappa shape index (κ3) is 6.81. The smallest absolute Gasteiger partial charge is 0.0547 e. The maximum Gasteiger partial charge on any atom is 0.0547 e. The number of aromatic nitrogens is 1. The van der Waals surface area contributed by atoms with Gasteiger partial charge in [0.15, 0.2) is 0 Å². The van der Waals surface area contributed by atoms with Crippen LogP contribution in [0, 0.1) is 19.3 Å². The standard InChI is InChI=1S/C56H42N2/c1-4-6-23-47(5-2)58-54-28-13-12-26-53(54)56-52(27-16-29-55(56)58)43-32-36-49(37-33-43)57(48-34-30-42(31-35-48)41-18-8-7-9-19-41)50-24-15-21-45(39-50)44-20-14-22-46(38-44)51-25-11-10-17-40(51)3/h1,5-39H,2-3H3/b23-6-,47-5+. The Morgan fingerprint density at radius 3 is 1.81 bits per heavy atom. The molecule has 276 valence electrons. The minimum atomic E-state index is 1.04. The highest BCUT2D eigenvalue weighted by Gasteiger charge is 2.18. The summed E-state index contributed by atoms with van der Waals surface area (Å²) in [5.74, 6) is 2.66. The first-order valence-electron chi connectivity index (χ1n) is 19.8. The first-order chi connectivity index (χ1) is 28.6. The van der Waals surface area contributed by atoms with Gasteiger partial charge in [-0.15, -0.1) is 6.42 Å². The van der Waals surface area contributed by atoms with Crippen molar-refractivity contribution in [3.05, 3.63) is 218 Å². The molecule has 2 nitrogen and oxygen atoms in total. The molecule has 0 amide bonds. The molecule has 0 unspecified atom stereocenters. The quantitative estimate of drug-likeness (QED) is 0.106. The predicted octanol–water partition coefficient (Wildman–Crippen LogP) is 15.3. The fourth-order valence-electron chi connectivity index (χ4n) is 8.23. The lowest BCUT2D eigenvalue weighted by atomic mass is 9.96. The third-order valence-electron chi connectivity index (χ3n) is 11.0. The molecule has 1 heterocycles. The Labute approximate surface area is 341 Å². The number of hydrogen-bond acceptors (Lipinski definition) is 1. The number of anilines is 3. The van der Waals surface area contributed by atoms with Crippen molar-refractivity contribution in [1.29, 1.82) is 0 Å². The number of terminal acetylenes is 1. The van der Waals surface area contributed by atoms with Gasteiger partial charge < -0.3 is 9.47 Å². The van der Waals surface area contributed by atoms with Crippen LogP contribution >= 0.6 is 0 Å². The van der Waals surface area contributed by atoms with E-state index in [1.54, 1.807) is 6.08 Å². The molecular formula is C56H42N2. The number of hydrogen-bond donors (Lipinski definition) is 0. The van der Waals surface area contributed by atoms with Gasteiger partial charge in [-0.25, -0.2) is 0 Å². The summed E-state index contributed by atoms with van der Waals surface area (Å²) < 4.78 is 2.31. The molecule has 0 aliphatic rings. The second-order valence-electron chi connectivity index (χ2n) is 14.5. The zero-order valence-electron chi connectivity index (χ0n) is 32.7. The average Bonchev–Trinajstić information content (AvgIpc) is 3.62. The highest BCUT2D eigenvalue weighted by Crippen LogP contribution is 2.42. The van der Waals surface area contributed by atoms with Gasteiger partial charge in [0.2, 0.25) is 0 Å². The van der Waals surface area contributed by atoms with E-state index < -0.39 is 0 Å². The van der Waals surface area contributed by atoms with E-state index >= 15 is 0 Å². The fourth-order valence-corrected chi connectivity index (χ4v) is 8.23. The van der Waals surface area contributed by atoms with E-state index in [4.69, 9.17) is 6.42 Å². The fraction of sp³-hybridized carbons (Fsp3) is 0.0357. The minimum Gasteiger partial charge on any atom is -0.310 e. The number of rotatable bonds is 9. The number of nitrogens with zero attached hydrogens (tertiary/aromatic N) is 2. The highest BCUT2D eigenvalue weighted by atomic mass is 15.1. The molecule has 1 aromatic heterocycles. The number of aryl methyl sites for hydroxylation is 1. The summed E-state index contributed by atoms with van der Waals surface area (Å²) >= 11 is 0. The summed E-state index contributed by atoms with van der Waals surface area (Å²) in [4.78, 5) is 2.36. The first kappa shape index (κ1) is 36.1. The van der Waals surface area contributed by atoms with Gasteiger partial charge in [0.05, 0.1) is 11.0 Å². The van der Waals surface area contributed by atoms with E-state index in [1.165, 1.54) is 49.7 Å². The molecule has 0 atom stereocenters. The van der Waals surface area contributed by atoms with Crippen molar-refractivity contribution in [3.63, 3.8) is 0 Å². The Bertz CT molecular complexity index is 3010. The number of benzene rings is 8. The molecule has 0 bridgehead atoms. The van der Waals surface area contributed by atoms with E-state index in [0.29, 0.717) is 0 Å². The van der Waals surface area contributed by atoms with Crippen molar-refractivity contribution < 1.29 is 0 Å². The summed E-state index contributed by atoms with van der Waals surface area (Å²) in [6.07, 6.45) is 11.5. The number of fused-ring (bicyclic) bond motifs is 3. The number of allylic oxidation sites excluding steroid dienone is 4. The summed E-state index contributed by atoms with van der Waals surface area (Å²) in [7, 11) is 0. The van der Waals surface area contributed by atoms with Crippen molar-refractivity contribution >= 4 is 44.6 Å². The van der Waals surface area contributed by atoms with Crippen LogP contribution in [-0.2, 0) is 0 Å². The lowest BCUT2D eigenvalue weighted by molar-refractivity contribution is 1.23. The Hall–Kier alpha value is -7.60. The monoisotopic (exact) mass is 742 g/mol. The van der Waals surface area contributed by atoms with Crippen molar-refractivity contribution in [3.8, 4) is 56.9 Å². The van der Waals surface area contributed by atoms with E-state index in [9.17, 15) is 0 Å². The molecule has 0 N–H and O–H groups in total. The van der Waals surface area contributed by atoms with Crippen molar-refractivity contribution in [2.75, 3.05) is 4.90 Å². The summed E-state index contributed by atoms with van der Waals surface area (Å²) in [5.41, 5.74) is 17.4. The van der Waals surface area contributed by atoms with Crippen LogP contribution < -0.4 is 4.90 Å². The van der Waals surface area contributed by atoms with E-state index in [2.05, 4.69) is 229 Å². The topological polar surface area (TPSA) is 8.17 Å². The molecule has 0 saturated carbocycles. The van der Waals surface area contributed by atoms with Gasteiger partial charge in [-0.2, -0.15) is 0 Å². The van der Waals surface area contributed by atoms with Crippen molar-refractivity contribution in [2.24, 2.45) is 0 Å². The summed E-state index contributed by atoms with van der Waals surface area (Å²) in [6, 6.07) is 70.0. The van der Waals surface area contributed by atoms with Crippen LogP contribution in [0.4, 0.5) is 17.1 Å². The SMILES string of the molecule is C#C/C=C\C(=C/C)n1c2ccccc2c2c(-c3ccc(N(c4ccc(-c5ccccc5)cc4)c4cccc(-c5cccc(-c6ccccc6C)c5)c4)cc3)cccc21. The minimum absolute atomic E-state index is 1.04. The van der Waals surface area contributed by atoms with Gasteiger partial charge in [-0.05, 0) is 131 Å². The van der Waals surface area contributed by atoms with Crippen LogP contribution in [0.25, 0.3) is 72.0 Å². The Balaban J connectivity index is 1.15. The second kappa shape index (κ2) is 15.9. The Morgan fingerprint density at radius 2 is 1.07 bits per heavy atom. The van der Waals surface area contributed by atoms with Gasteiger partial charge >= 0.3 is 0 Å². The molecule has 58 heavy (non-hydrogen) atoms. The molecule has 0 radical (unpaired) electrons. The molecule has 9 aromatic rings. The first-order valence-corrected chi connectivity index (χ1v) is 19.8. The number of para-hydroxylation sites is 1.